The summed E-state index contributed by atoms with van der Waals surface area (Å²) in [5, 5.41) is 3.60. The number of thioether (sulfide) groups is 1. The number of carbonyl (C=O) groups is 2. The lowest BCUT2D eigenvalue weighted by molar-refractivity contribution is -0.139. The molecule has 0 spiro atoms. The number of ether oxygens (including phenoxy) is 1. The minimum atomic E-state index is -0.466. The molecule has 0 aliphatic carbocycles. The van der Waals surface area contributed by atoms with Crippen molar-refractivity contribution in [2.45, 2.75) is 19.9 Å². The van der Waals surface area contributed by atoms with E-state index in [0.29, 0.717) is 23.0 Å². The molecule has 7 heteroatoms. The predicted octanol–water partition coefficient (Wildman–Crippen LogP) is 1.74. The molecule has 0 fully saturated rings. The summed E-state index contributed by atoms with van der Waals surface area (Å²) in [6.45, 7) is 3.85. The van der Waals surface area contributed by atoms with Gasteiger partial charge in [0.05, 0.1) is 17.9 Å². The van der Waals surface area contributed by atoms with E-state index in [1.54, 1.807) is 13.8 Å². The number of hydrogen-bond acceptors (Lipinski definition) is 6. The summed E-state index contributed by atoms with van der Waals surface area (Å²) in [6.07, 6.45) is 0. The largest absolute Gasteiger partial charge is 0.463 e. The Balaban J connectivity index is 2.35. The molecule has 2 rings (SSSR count). The first-order chi connectivity index (χ1) is 11.0. The number of amides is 1. The number of carbonyl (C=O) groups excluding carboxylic acids is 2. The van der Waals surface area contributed by atoms with E-state index >= 15 is 0 Å². The summed E-state index contributed by atoms with van der Waals surface area (Å²) >= 11 is 1.21. The highest BCUT2D eigenvalue weighted by atomic mass is 32.2. The Kier molecular flexibility index (Phi) is 5.81. The van der Waals surface area contributed by atoms with Crippen LogP contribution in [0.2, 0.25) is 0 Å². The maximum atomic E-state index is 12.3. The Morgan fingerprint density at radius 3 is 2.65 bits per heavy atom. The van der Waals surface area contributed by atoms with Gasteiger partial charge in [-0.1, -0.05) is 42.1 Å². The minimum absolute atomic E-state index is 0.120. The normalized spacial score (nSPS) is 17.3. The van der Waals surface area contributed by atoms with Crippen molar-refractivity contribution in [1.82, 2.24) is 5.32 Å². The summed E-state index contributed by atoms with van der Waals surface area (Å²) in [7, 11) is 0. The summed E-state index contributed by atoms with van der Waals surface area (Å²) in [5.41, 5.74) is 7.20. The molecule has 0 unspecified atom stereocenters. The van der Waals surface area contributed by atoms with Crippen LogP contribution in [-0.4, -0.2) is 29.4 Å². The fraction of sp³-hybridized carbons (Fsp3) is 0.312. The fourth-order valence-electron chi connectivity index (χ4n) is 2.21. The molecular weight excluding hydrogens is 314 g/mol. The number of rotatable bonds is 5. The number of amidine groups is 1. The van der Waals surface area contributed by atoms with Crippen LogP contribution in [0.25, 0.3) is 0 Å². The first-order valence-electron chi connectivity index (χ1n) is 7.21. The number of allylic oxidation sites excluding steroid dienone is 1. The number of esters is 1. The molecule has 122 valence electrons. The van der Waals surface area contributed by atoms with Crippen molar-refractivity contribution in [1.29, 1.82) is 0 Å². The Hall–Kier alpha value is -2.28. The monoisotopic (exact) mass is 333 g/mol. The third-order valence-electron chi connectivity index (χ3n) is 3.18. The van der Waals surface area contributed by atoms with Crippen molar-refractivity contribution in [2.24, 2.45) is 10.7 Å². The van der Waals surface area contributed by atoms with E-state index in [1.807, 2.05) is 30.3 Å². The standard InChI is InChI=1S/C16H19N3O3S/c1-3-22-15(21)13-10(2)18-16(23-9-12(17)20)19-14(13)11-7-5-4-6-8-11/h4-8,14H,3,9H2,1-2H3,(H2,17,20)(H,18,19)/t14-/m1/s1. The summed E-state index contributed by atoms with van der Waals surface area (Å²) in [4.78, 5) is 27.8. The second-order valence-corrected chi connectivity index (χ2v) is 5.85. The Labute approximate surface area is 139 Å². The summed E-state index contributed by atoms with van der Waals surface area (Å²) < 4.78 is 5.15. The van der Waals surface area contributed by atoms with Gasteiger partial charge in [0.25, 0.3) is 0 Å². The van der Waals surface area contributed by atoms with Crippen LogP contribution < -0.4 is 11.1 Å². The van der Waals surface area contributed by atoms with E-state index in [4.69, 9.17) is 10.5 Å². The van der Waals surface area contributed by atoms with E-state index in [2.05, 4.69) is 10.3 Å². The van der Waals surface area contributed by atoms with Gasteiger partial charge in [0, 0.05) is 5.70 Å². The van der Waals surface area contributed by atoms with Crippen LogP contribution in [0, 0.1) is 0 Å². The Morgan fingerprint density at radius 1 is 1.35 bits per heavy atom. The number of aliphatic imine (C=N–C) groups is 1. The zero-order valence-electron chi connectivity index (χ0n) is 13.0. The lowest BCUT2D eigenvalue weighted by atomic mass is 9.97. The first-order valence-corrected chi connectivity index (χ1v) is 8.20. The molecule has 0 saturated carbocycles. The molecule has 1 aliphatic rings. The lowest BCUT2D eigenvalue weighted by Gasteiger charge is -2.25. The number of nitrogens with one attached hydrogen (secondary N) is 1. The van der Waals surface area contributed by atoms with Crippen LogP contribution in [-0.2, 0) is 14.3 Å². The highest BCUT2D eigenvalue weighted by molar-refractivity contribution is 8.14. The second-order valence-electron chi connectivity index (χ2n) is 4.89. The fourth-order valence-corrected chi connectivity index (χ4v) is 2.89. The van der Waals surface area contributed by atoms with Crippen molar-refractivity contribution in [3.63, 3.8) is 0 Å². The summed E-state index contributed by atoms with van der Waals surface area (Å²) in [5.74, 6) is -0.697. The molecule has 1 aliphatic heterocycles. The van der Waals surface area contributed by atoms with Crippen molar-refractivity contribution in [3.8, 4) is 0 Å². The molecule has 6 nitrogen and oxygen atoms in total. The SMILES string of the molecule is CCOC(=O)C1=C(C)NC(SCC(N)=O)=N[C@@H]1c1ccccc1. The molecule has 0 saturated heterocycles. The first kappa shape index (κ1) is 17.1. The van der Waals surface area contributed by atoms with Crippen LogP contribution in [0.1, 0.15) is 25.5 Å². The molecule has 1 atom stereocenters. The van der Waals surface area contributed by atoms with Gasteiger partial charge in [-0.05, 0) is 19.4 Å². The zero-order valence-corrected chi connectivity index (χ0v) is 13.9. The van der Waals surface area contributed by atoms with Crippen LogP contribution in [0.15, 0.2) is 46.6 Å². The smallest absolute Gasteiger partial charge is 0.338 e. The molecule has 1 aromatic rings. The number of nitrogens with two attached hydrogens (primary N) is 1. The molecule has 1 aromatic carbocycles. The summed E-state index contributed by atoms with van der Waals surface area (Å²) in [6, 6.07) is 9.03. The predicted molar refractivity (Wildman–Crippen MR) is 90.7 cm³/mol. The van der Waals surface area contributed by atoms with Gasteiger partial charge in [-0.3, -0.25) is 4.79 Å². The Morgan fingerprint density at radius 2 is 2.04 bits per heavy atom. The van der Waals surface area contributed by atoms with Gasteiger partial charge in [0.2, 0.25) is 5.91 Å². The van der Waals surface area contributed by atoms with E-state index in [1.165, 1.54) is 11.8 Å². The Bertz CT molecular complexity index is 656. The van der Waals surface area contributed by atoms with Crippen molar-refractivity contribution >= 4 is 28.8 Å². The number of primary amides is 1. The molecular formula is C16H19N3O3S. The van der Waals surface area contributed by atoms with E-state index in [-0.39, 0.29) is 5.75 Å². The van der Waals surface area contributed by atoms with Crippen molar-refractivity contribution in [3.05, 3.63) is 47.2 Å². The highest BCUT2D eigenvalue weighted by Crippen LogP contribution is 2.32. The van der Waals surface area contributed by atoms with Gasteiger partial charge in [-0.25, -0.2) is 9.79 Å². The second kappa shape index (κ2) is 7.82. The third kappa shape index (κ3) is 4.35. The van der Waals surface area contributed by atoms with Gasteiger partial charge in [0.15, 0.2) is 5.17 Å². The molecule has 1 amide bonds. The maximum Gasteiger partial charge on any atom is 0.338 e. The molecule has 23 heavy (non-hydrogen) atoms. The molecule has 0 radical (unpaired) electrons. The quantitative estimate of drug-likeness (QED) is 0.801. The van der Waals surface area contributed by atoms with Crippen LogP contribution >= 0.6 is 11.8 Å². The van der Waals surface area contributed by atoms with E-state index in [0.717, 1.165) is 5.56 Å². The average Bonchev–Trinajstić information content (AvgIpc) is 2.53. The number of nitrogens with zero attached hydrogens (tertiary/aromatic N) is 1. The molecule has 0 aromatic heterocycles. The molecule has 0 bridgehead atoms. The topological polar surface area (TPSA) is 93.8 Å². The van der Waals surface area contributed by atoms with E-state index in [9.17, 15) is 9.59 Å². The number of hydrogen-bond donors (Lipinski definition) is 2. The third-order valence-corrected chi connectivity index (χ3v) is 4.09. The molecule has 3 N–H and O–H groups in total. The van der Waals surface area contributed by atoms with Gasteiger partial charge in [-0.2, -0.15) is 0 Å². The van der Waals surface area contributed by atoms with E-state index < -0.39 is 17.9 Å². The minimum Gasteiger partial charge on any atom is -0.463 e. The average molecular weight is 333 g/mol. The van der Waals surface area contributed by atoms with Crippen molar-refractivity contribution in [2.75, 3.05) is 12.4 Å². The van der Waals surface area contributed by atoms with Crippen molar-refractivity contribution < 1.29 is 14.3 Å². The highest BCUT2D eigenvalue weighted by Gasteiger charge is 2.30. The molecule has 1 heterocycles. The van der Waals surface area contributed by atoms with Gasteiger partial charge < -0.3 is 15.8 Å². The van der Waals surface area contributed by atoms with Gasteiger partial charge in [-0.15, -0.1) is 0 Å². The van der Waals surface area contributed by atoms with Crippen LogP contribution in [0.3, 0.4) is 0 Å². The number of benzene rings is 1. The van der Waals surface area contributed by atoms with Crippen LogP contribution in [0.4, 0.5) is 0 Å². The lowest BCUT2D eigenvalue weighted by Crippen LogP contribution is -2.31. The van der Waals surface area contributed by atoms with Gasteiger partial charge in [0.1, 0.15) is 6.04 Å². The van der Waals surface area contributed by atoms with Crippen LogP contribution in [0.5, 0.6) is 0 Å². The van der Waals surface area contributed by atoms with Gasteiger partial charge >= 0.3 is 5.97 Å². The zero-order chi connectivity index (χ0) is 16.8. The maximum absolute atomic E-state index is 12.3.